The first-order chi connectivity index (χ1) is 13.8. The fourth-order valence-corrected chi connectivity index (χ4v) is 2.96. The number of rotatable bonds is 9. The number of hydrogen-bond donors (Lipinski definition) is 1. The van der Waals surface area contributed by atoms with Gasteiger partial charge in [0.05, 0.1) is 17.9 Å². The van der Waals surface area contributed by atoms with Crippen LogP contribution in [0.5, 0.6) is 5.75 Å². The van der Waals surface area contributed by atoms with Gasteiger partial charge in [0.15, 0.2) is 12.7 Å². The molecule has 1 aromatic carbocycles. The Bertz CT molecular complexity index is 881. The fourth-order valence-electron chi connectivity index (χ4n) is 2.96. The van der Waals surface area contributed by atoms with Gasteiger partial charge in [0.2, 0.25) is 5.78 Å². The lowest BCUT2D eigenvalue weighted by molar-refractivity contribution is -0.148. The SMILES string of the molecule is CCOC(=O)c1c(C)[nH]c(C(=O)[C@@H](C)OC(=O)COc2ccc(CC)cc2)c1C. The smallest absolute Gasteiger partial charge is 0.344 e. The standard InChI is InChI=1S/C22H27NO6/c1-6-16-8-10-17(11-9-16)28-12-18(24)29-15(5)21(25)20-13(3)19(14(4)23-20)22(26)27-7-2/h8-11,15,23H,6-7,12H2,1-5H3/t15-/m1/s1. The van der Waals surface area contributed by atoms with Gasteiger partial charge in [0.25, 0.3) is 0 Å². The Hall–Kier alpha value is -3.09. The van der Waals surface area contributed by atoms with Crippen molar-refractivity contribution in [2.24, 2.45) is 0 Å². The molecular weight excluding hydrogens is 374 g/mol. The van der Waals surface area contributed by atoms with E-state index in [1.165, 1.54) is 6.92 Å². The molecule has 2 aromatic rings. The van der Waals surface area contributed by atoms with Crippen molar-refractivity contribution >= 4 is 17.7 Å². The highest BCUT2D eigenvalue weighted by Gasteiger charge is 2.27. The van der Waals surface area contributed by atoms with Crippen LogP contribution in [0.3, 0.4) is 0 Å². The molecule has 29 heavy (non-hydrogen) atoms. The highest BCUT2D eigenvalue weighted by molar-refractivity contribution is 6.04. The van der Waals surface area contributed by atoms with E-state index in [-0.39, 0.29) is 18.9 Å². The van der Waals surface area contributed by atoms with E-state index in [2.05, 4.69) is 11.9 Å². The number of esters is 2. The third-order valence-electron chi connectivity index (χ3n) is 4.53. The molecule has 0 saturated heterocycles. The summed E-state index contributed by atoms with van der Waals surface area (Å²) in [7, 11) is 0. The Morgan fingerprint density at radius 1 is 1.07 bits per heavy atom. The summed E-state index contributed by atoms with van der Waals surface area (Å²) < 4.78 is 15.6. The van der Waals surface area contributed by atoms with Gasteiger partial charge < -0.3 is 19.2 Å². The summed E-state index contributed by atoms with van der Waals surface area (Å²) in [6.45, 7) is 8.51. The summed E-state index contributed by atoms with van der Waals surface area (Å²) in [5, 5.41) is 0. The third-order valence-corrected chi connectivity index (χ3v) is 4.53. The predicted octanol–water partition coefficient (Wildman–Crippen LogP) is 3.56. The quantitative estimate of drug-likeness (QED) is 0.510. The summed E-state index contributed by atoms with van der Waals surface area (Å²) in [6.07, 6.45) is -0.113. The van der Waals surface area contributed by atoms with Crippen molar-refractivity contribution in [1.29, 1.82) is 0 Å². The minimum atomic E-state index is -1.03. The fraction of sp³-hybridized carbons (Fsp3) is 0.409. The lowest BCUT2D eigenvalue weighted by Gasteiger charge is -2.13. The largest absolute Gasteiger partial charge is 0.482 e. The Kier molecular flexibility index (Phi) is 7.59. The topological polar surface area (TPSA) is 94.7 Å². The van der Waals surface area contributed by atoms with Crippen LogP contribution >= 0.6 is 0 Å². The molecule has 1 heterocycles. The number of ketones is 1. The molecule has 0 radical (unpaired) electrons. The van der Waals surface area contributed by atoms with Crippen molar-refractivity contribution in [3.05, 3.63) is 52.3 Å². The molecule has 1 N–H and O–H groups in total. The monoisotopic (exact) mass is 401 g/mol. The first-order valence-corrected chi connectivity index (χ1v) is 9.60. The van der Waals surface area contributed by atoms with Crippen LogP contribution in [0.25, 0.3) is 0 Å². The molecule has 1 aromatic heterocycles. The lowest BCUT2D eigenvalue weighted by atomic mass is 10.1. The van der Waals surface area contributed by atoms with Crippen LogP contribution in [0.2, 0.25) is 0 Å². The number of benzene rings is 1. The third kappa shape index (κ3) is 5.47. The Morgan fingerprint density at radius 3 is 2.31 bits per heavy atom. The number of aryl methyl sites for hydroxylation is 2. The van der Waals surface area contributed by atoms with E-state index in [0.29, 0.717) is 22.6 Å². The molecule has 0 amide bonds. The second-order valence-corrected chi connectivity index (χ2v) is 6.63. The minimum absolute atomic E-state index is 0.224. The van der Waals surface area contributed by atoms with Gasteiger partial charge in [-0.2, -0.15) is 0 Å². The molecule has 0 fully saturated rings. The number of aromatic nitrogens is 1. The van der Waals surface area contributed by atoms with Gasteiger partial charge in [-0.15, -0.1) is 0 Å². The maximum absolute atomic E-state index is 12.7. The Morgan fingerprint density at radius 2 is 1.72 bits per heavy atom. The van der Waals surface area contributed by atoms with Gasteiger partial charge >= 0.3 is 11.9 Å². The number of carbonyl (C=O) groups excluding carboxylic acids is 3. The molecule has 7 nitrogen and oxygen atoms in total. The molecule has 0 aliphatic rings. The Balaban J connectivity index is 1.98. The number of hydrogen-bond acceptors (Lipinski definition) is 6. The summed E-state index contributed by atoms with van der Waals surface area (Å²) in [5.74, 6) is -1.03. The van der Waals surface area contributed by atoms with Crippen LogP contribution in [-0.2, 0) is 20.7 Å². The van der Waals surface area contributed by atoms with Crippen molar-refractivity contribution in [2.45, 2.75) is 47.1 Å². The van der Waals surface area contributed by atoms with Gasteiger partial charge in [-0.1, -0.05) is 19.1 Å². The summed E-state index contributed by atoms with van der Waals surface area (Å²) in [5.41, 5.74) is 2.72. The van der Waals surface area contributed by atoms with Crippen LogP contribution in [0.15, 0.2) is 24.3 Å². The maximum Gasteiger partial charge on any atom is 0.344 e. The van der Waals surface area contributed by atoms with Crippen molar-refractivity contribution in [1.82, 2.24) is 4.98 Å². The van der Waals surface area contributed by atoms with Gasteiger partial charge in [-0.3, -0.25) is 4.79 Å². The molecule has 0 aliphatic carbocycles. The molecular formula is C22H27NO6. The van der Waals surface area contributed by atoms with Gasteiger partial charge in [0, 0.05) is 5.69 Å². The maximum atomic E-state index is 12.7. The molecule has 0 spiro atoms. The normalized spacial score (nSPS) is 11.6. The number of Topliss-reactive ketones (excluding diaryl/α,β-unsaturated/α-hetero) is 1. The number of carbonyl (C=O) groups is 3. The zero-order valence-electron chi connectivity index (χ0n) is 17.5. The van der Waals surface area contributed by atoms with E-state index in [4.69, 9.17) is 14.2 Å². The zero-order valence-corrected chi connectivity index (χ0v) is 17.5. The van der Waals surface area contributed by atoms with Crippen LogP contribution in [0, 0.1) is 13.8 Å². The molecule has 156 valence electrons. The molecule has 1 atom stereocenters. The van der Waals surface area contributed by atoms with E-state index in [1.807, 2.05) is 12.1 Å². The van der Waals surface area contributed by atoms with Crippen LogP contribution < -0.4 is 4.74 Å². The molecule has 0 bridgehead atoms. The molecule has 7 heteroatoms. The van der Waals surface area contributed by atoms with Crippen LogP contribution in [-0.4, -0.2) is 42.0 Å². The lowest BCUT2D eigenvalue weighted by Crippen LogP contribution is -2.28. The molecule has 0 unspecified atom stereocenters. The first kappa shape index (κ1) is 22.2. The minimum Gasteiger partial charge on any atom is -0.482 e. The number of nitrogens with one attached hydrogen (secondary N) is 1. The summed E-state index contributed by atoms with van der Waals surface area (Å²) >= 11 is 0. The van der Waals surface area contributed by atoms with Crippen molar-refractivity contribution in [3.8, 4) is 5.75 Å². The van der Waals surface area contributed by atoms with Crippen molar-refractivity contribution in [3.63, 3.8) is 0 Å². The van der Waals surface area contributed by atoms with Gasteiger partial charge in [0.1, 0.15) is 5.75 Å². The number of ether oxygens (including phenoxy) is 3. The number of aromatic amines is 1. The van der Waals surface area contributed by atoms with Gasteiger partial charge in [-0.25, -0.2) is 9.59 Å². The summed E-state index contributed by atoms with van der Waals surface area (Å²) in [6, 6.07) is 7.40. The highest BCUT2D eigenvalue weighted by atomic mass is 16.6. The van der Waals surface area contributed by atoms with Gasteiger partial charge in [-0.05, 0) is 57.4 Å². The van der Waals surface area contributed by atoms with Crippen LogP contribution in [0.4, 0.5) is 0 Å². The van der Waals surface area contributed by atoms with Crippen molar-refractivity contribution < 1.29 is 28.6 Å². The van der Waals surface area contributed by atoms with E-state index in [9.17, 15) is 14.4 Å². The first-order valence-electron chi connectivity index (χ1n) is 9.60. The summed E-state index contributed by atoms with van der Waals surface area (Å²) in [4.78, 5) is 39.7. The highest BCUT2D eigenvalue weighted by Crippen LogP contribution is 2.21. The second kappa shape index (κ2) is 9.91. The molecule has 0 aliphatic heterocycles. The average Bonchev–Trinajstić information content (AvgIpc) is 3.00. The molecule has 2 rings (SSSR count). The second-order valence-electron chi connectivity index (χ2n) is 6.63. The number of H-pyrrole nitrogens is 1. The van der Waals surface area contributed by atoms with E-state index in [0.717, 1.165) is 12.0 Å². The Labute approximate surface area is 170 Å². The van der Waals surface area contributed by atoms with Crippen molar-refractivity contribution in [2.75, 3.05) is 13.2 Å². The predicted molar refractivity (Wildman–Crippen MR) is 107 cm³/mol. The van der Waals surface area contributed by atoms with E-state index < -0.39 is 23.8 Å². The molecule has 0 saturated carbocycles. The van der Waals surface area contributed by atoms with E-state index >= 15 is 0 Å². The van der Waals surface area contributed by atoms with Crippen LogP contribution in [0.1, 0.15) is 58.4 Å². The van der Waals surface area contributed by atoms with E-state index in [1.54, 1.807) is 32.9 Å². The average molecular weight is 401 g/mol. The zero-order chi connectivity index (χ0) is 21.6.